The number of hydrogen-bond donors (Lipinski definition) is 1. The van der Waals surface area contributed by atoms with Crippen LogP contribution in [0.15, 0.2) is 42.5 Å². The molecule has 144 valence electrons. The van der Waals surface area contributed by atoms with Crippen LogP contribution in [0.3, 0.4) is 0 Å². The molecule has 2 aromatic rings. The fourth-order valence-corrected chi connectivity index (χ4v) is 4.40. The summed E-state index contributed by atoms with van der Waals surface area (Å²) in [6, 6.07) is 13.0. The first-order valence-electron chi connectivity index (χ1n) is 9.19. The number of hydrogen-bond acceptors (Lipinski definition) is 3. The van der Waals surface area contributed by atoms with Gasteiger partial charge in [-0.1, -0.05) is 41.9 Å². The van der Waals surface area contributed by atoms with E-state index in [1.165, 1.54) is 49.3 Å². The van der Waals surface area contributed by atoms with E-state index < -0.39 is 0 Å². The zero-order chi connectivity index (χ0) is 19.1. The molecule has 0 aliphatic carbocycles. The average molecular weight is 407 g/mol. The monoisotopic (exact) mass is 406 g/mol. The zero-order valence-electron chi connectivity index (χ0n) is 15.2. The van der Waals surface area contributed by atoms with E-state index in [4.69, 9.17) is 11.6 Å². The molecule has 1 heterocycles. The Bertz CT molecular complexity index is 760. The second-order valence-electron chi connectivity index (χ2n) is 6.77. The van der Waals surface area contributed by atoms with E-state index in [1.54, 1.807) is 12.1 Å². The van der Waals surface area contributed by atoms with Crippen molar-refractivity contribution in [1.29, 1.82) is 0 Å². The Hall–Kier alpha value is -1.56. The Labute approximate surface area is 169 Å². The van der Waals surface area contributed by atoms with Gasteiger partial charge in [0.2, 0.25) is 5.91 Å². The average Bonchev–Trinajstić information content (AvgIpc) is 3.16. The van der Waals surface area contributed by atoms with Gasteiger partial charge in [0.05, 0.1) is 5.75 Å². The number of amides is 1. The minimum atomic E-state index is -0.328. The number of rotatable bonds is 8. The molecule has 0 bridgehead atoms. The number of carbonyl (C=O) groups is 1. The Morgan fingerprint density at radius 2 is 1.89 bits per heavy atom. The minimum Gasteiger partial charge on any atom is -0.351 e. The van der Waals surface area contributed by atoms with Gasteiger partial charge in [-0.15, -0.1) is 11.8 Å². The summed E-state index contributed by atoms with van der Waals surface area (Å²) < 4.78 is 13.7. The second kappa shape index (κ2) is 10.1. The lowest BCUT2D eigenvalue weighted by atomic mass is 10.1. The Balaban J connectivity index is 1.42. The van der Waals surface area contributed by atoms with Crippen molar-refractivity contribution >= 4 is 29.3 Å². The fourth-order valence-electron chi connectivity index (χ4n) is 3.20. The molecule has 0 atom stereocenters. The van der Waals surface area contributed by atoms with E-state index in [0.29, 0.717) is 22.9 Å². The van der Waals surface area contributed by atoms with E-state index in [1.807, 2.05) is 12.1 Å². The lowest BCUT2D eigenvalue weighted by molar-refractivity contribution is -0.118. The number of nitrogens with zero attached hydrogens (tertiary/aromatic N) is 1. The standard InChI is InChI=1S/C21H24ClFN2OS/c22-19-7-4-8-20(23)18(19)14-27-15-21(26)24-12-16-5-3-6-17(11-16)13-25-9-1-2-10-25/h3-8,11H,1-2,9-10,12-15H2,(H,24,26). The molecule has 2 aromatic carbocycles. The molecule has 1 aliphatic rings. The summed E-state index contributed by atoms with van der Waals surface area (Å²) in [6.07, 6.45) is 2.57. The van der Waals surface area contributed by atoms with Gasteiger partial charge in [-0.3, -0.25) is 9.69 Å². The topological polar surface area (TPSA) is 32.3 Å². The van der Waals surface area contributed by atoms with Crippen molar-refractivity contribution in [2.75, 3.05) is 18.8 Å². The number of thioether (sulfide) groups is 1. The summed E-state index contributed by atoms with van der Waals surface area (Å²) in [5.41, 5.74) is 2.83. The van der Waals surface area contributed by atoms with Crippen molar-refractivity contribution in [2.45, 2.75) is 31.7 Å². The highest BCUT2D eigenvalue weighted by molar-refractivity contribution is 7.99. The first-order valence-corrected chi connectivity index (χ1v) is 10.7. The van der Waals surface area contributed by atoms with E-state index in [-0.39, 0.29) is 17.5 Å². The first-order chi connectivity index (χ1) is 13.1. The van der Waals surface area contributed by atoms with Gasteiger partial charge in [0.25, 0.3) is 0 Å². The van der Waals surface area contributed by atoms with E-state index >= 15 is 0 Å². The third kappa shape index (κ3) is 6.23. The highest BCUT2D eigenvalue weighted by atomic mass is 35.5. The zero-order valence-corrected chi connectivity index (χ0v) is 16.8. The molecule has 1 saturated heterocycles. The molecule has 1 N–H and O–H groups in total. The number of halogens is 2. The van der Waals surface area contributed by atoms with Crippen LogP contribution in [0, 0.1) is 5.82 Å². The molecule has 1 amide bonds. The van der Waals surface area contributed by atoms with Crippen LogP contribution < -0.4 is 5.32 Å². The first kappa shape index (κ1) is 20.2. The van der Waals surface area contributed by atoms with Crippen LogP contribution in [0.4, 0.5) is 4.39 Å². The van der Waals surface area contributed by atoms with Crippen LogP contribution in [0.2, 0.25) is 5.02 Å². The Kier molecular flexibility index (Phi) is 7.56. The third-order valence-electron chi connectivity index (χ3n) is 4.63. The van der Waals surface area contributed by atoms with Gasteiger partial charge in [-0.2, -0.15) is 0 Å². The minimum absolute atomic E-state index is 0.0580. The summed E-state index contributed by atoms with van der Waals surface area (Å²) in [5.74, 6) is 0.269. The molecule has 1 aliphatic heterocycles. The summed E-state index contributed by atoms with van der Waals surface area (Å²) in [6.45, 7) is 3.82. The summed E-state index contributed by atoms with van der Waals surface area (Å²) >= 11 is 7.36. The molecule has 0 radical (unpaired) electrons. The quantitative estimate of drug-likeness (QED) is 0.694. The predicted octanol–water partition coefficient (Wildman–Crippen LogP) is 4.62. The van der Waals surface area contributed by atoms with Crippen molar-refractivity contribution in [3.8, 4) is 0 Å². The molecule has 0 aromatic heterocycles. The Morgan fingerprint density at radius 1 is 1.15 bits per heavy atom. The number of carbonyl (C=O) groups excluding carboxylic acids is 1. The smallest absolute Gasteiger partial charge is 0.230 e. The van der Waals surface area contributed by atoms with Crippen LogP contribution >= 0.6 is 23.4 Å². The van der Waals surface area contributed by atoms with E-state index in [0.717, 1.165) is 12.1 Å². The van der Waals surface area contributed by atoms with Crippen LogP contribution in [0.1, 0.15) is 29.5 Å². The van der Waals surface area contributed by atoms with Gasteiger partial charge < -0.3 is 5.32 Å². The maximum absolute atomic E-state index is 13.7. The van der Waals surface area contributed by atoms with Gasteiger partial charge in [-0.05, 0) is 49.2 Å². The summed E-state index contributed by atoms with van der Waals surface area (Å²) in [4.78, 5) is 14.5. The molecule has 3 nitrogen and oxygen atoms in total. The highest BCUT2D eigenvalue weighted by Crippen LogP contribution is 2.23. The third-order valence-corrected chi connectivity index (χ3v) is 5.94. The molecule has 3 rings (SSSR count). The van der Waals surface area contributed by atoms with Crippen molar-refractivity contribution in [3.63, 3.8) is 0 Å². The van der Waals surface area contributed by atoms with Crippen molar-refractivity contribution < 1.29 is 9.18 Å². The maximum Gasteiger partial charge on any atom is 0.230 e. The number of likely N-dealkylation sites (tertiary alicyclic amines) is 1. The SMILES string of the molecule is O=C(CSCc1c(F)cccc1Cl)NCc1cccc(CN2CCCC2)c1. The van der Waals surface area contributed by atoms with Gasteiger partial charge in [-0.25, -0.2) is 4.39 Å². The molecule has 1 fully saturated rings. The van der Waals surface area contributed by atoms with Gasteiger partial charge in [0.1, 0.15) is 5.82 Å². The van der Waals surface area contributed by atoms with Crippen LogP contribution in [-0.4, -0.2) is 29.6 Å². The van der Waals surface area contributed by atoms with E-state index in [2.05, 4.69) is 22.3 Å². The largest absolute Gasteiger partial charge is 0.351 e. The van der Waals surface area contributed by atoms with Gasteiger partial charge in [0.15, 0.2) is 0 Å². The lowest BCUT2D eigenvalue weighted by Crippen LogP contribution is -2.25. The molecular formula is C21H24ClFN2OS. The van der Waals surface area contributed by atoms with E-state index in [9.17, 15) is 9.18 Å². The molecule has 6 heteroatoms. The van der Waals surface area contributed by atoms with Gasteiger partial charge in [0, 0.05) is 29.4 Å². The maximum atomic E-state index is 13.7. The van der Waals surface area contributed by atoms with Crippen molar-refractivity contribution in [2.24, 2.45) is 0 Å². The second-order valence-corrected chi connectivity index (χ2v) is 8.17. The molecule has 0 saturated carbocycles. The Morgan fingerprint density at radius 3 is 2.67 bits per heavy atom. The number of benzene rings is 2. The fraction of sp³-hybridized carbons (Fsp3) is 0.381. The molecule has 27 heavy (non-hydrogen) atoms. The van der Waals surface area contributed by atoms with Gasteiger partial charge >= 0.3 is 0 Å². The summed E-state index contributed by atoms with van der Waals surface area (Å²) in [5, 5.41) is 3.34. The van der Waals surface area contributed by atoms with Crippen LogP contribution in [0.25, 0.3) is 0 Å². The van der Waals surface area contributed by atoms with Crippen LogP contribution in [-0.2, 0) is 23.6 Å². The molecule has 0 spiro atoms. The normalized spacial score (nSPS) is 14.4. The van der Waals surface area contributed by atoms with Crippen LogP contribution in [0.5, 0.6) is 0 Å². The molecular weight excluding hydrogens is 383 g/mol. The number of nitrogens with one attached hydrogen (secondary N) is 1. The predicted molar refractivity (Wildman–Crippen MR) is 110 cm³/mol. The van der Waals surface area contributed by atoms with Crippen molar-refractivity contribution in [1.82, 2.24) is 10.2 Å². The highest BCUT2D eigenvalue weighted by Gasteiger charge is 2.12. The lowest BCUT2D eigenvalue weighted by Gasteiger charge is -2.15. The molecule has 0 unspecified atom stereocenters. The summed E-state index contributed by atoms with van der Waals surface area (Å²) in [7, 11) is 0. The van der Waals surface area contributed by atoms with Crippen molar-refractivity contribution in [3.05, 3.63) is 70.0 Å².